The Labute approximate surface area is 128 Å². The minimum absolute atomic E-state index is 0.0707. The number of amides is 1. The van der Waals surface area contributed by atoms with Gasteiger partial charge in [-0.05, 0) is 18.2 Å². The second kappa shape index (κ2) is 6.15. The number of nitrogens with one attached hydrogen (secondary N) is 1. The van der Waals surface area contributed by atoms with Crippen molar-refractivity contribution in [1.82, 2.24) is 19.7 Å². The zero-order valence-electron chi connectivity index (χ0n) is 12.7. The van der Waals surface area contributed by atoms with Crippen molar-refractivity contribution in [2.45, 2.75) is 6.10 Å². The molecule has 0 aliphatic carbocycles. The monoisotopic (exact) mass is 301 g/mol. The summed E-state index contributed by atoms with van der Waals surface area (Å²) in [4.78, 5) is 18.7. The SMILES string of the molecule is CNc1cccc(C2CN(C(=O)c3ccn(C)n3)CCO2)n1. The quantitative estimate of drug-likeness (QED) is 0.918. The van der Waals surface area contributed by atoms with E-state index in [-0.39, 0.29) is 12.0 Å². The van der Waals surface area contributed by atoms with Crippen molar-refractivity contribution in [2.75, 3.05) is 32.1 Å². The second-order valence-electron chi connectivity index (χ2n) is 5.18. The Hall–Kier alpha value is -2.41. The molecule has 3 heterocycles. The van der Waals surface area contributed by atoms with Gasteiger partial charge in [-0.2, -0.15) is 5.10 Å². The highest BCUT2D eigenvalue weighted by molar-refractivity contribution is 5.92. The molecule has 1 amide bonds. The van der Waals surface area contributed by atoms with Crippen molar-refractivity contribution < 1.29 is 9.53 Å². The van der Waals surface area contributed by atoms with Gasteiger partial charge in [-0.1, -0.05) is 6.07 Å². The molecule has 0 radical (unpaired) electrons. The first-order valence-corrected chi connectivity index (χ1v) is 7.22. The number of carbonyl (C=O) groups excluding carboxylic acids is 1. The van der Waals surface area contributed by atoms with Gasteiger partial charge in [0.15, 0.2) is 0 Å². The van der Waals surface area contributed by atoms with Crippen molar-refractivity contribution in [1.29, 1.82) is 0 Å². The molecule has 22 heavy (non-hydrogen) atoms. The Bertz CT molecular complexity index is 669. The summed E-state index contributed by atoms with van der Waals surface area (Å²) < 4.78 is 7.40. The summed E-state index contributed by atoms with van der Waals surface area (Å²) in [6, 6.07) is 7.47. The van der Waals surface area contributed by atoms with Crippen LogP contribution < -0.4 is 5.32 Å². The summed E-state index contributed by atoms with van der Waals surface area (Å²) >= 11 is 0. The number of anilines is 1. The normalized spacial score (nSPS) is 18.3. The third kappa shape index (κ3) is 2.94. The van der Waals surface area contributed by atoms with E-state index >= 15 is 0 Å². The summed E-state index contributed by atoms with van der Waals surface area (Å²) in [6.07, 6.45) is 1.55. The van der Waals surface area contributed by atoms with E-state index in [2.05, 4.69) is 15.4 Å². The summed E-state index contributed by atoms with van der Waals surface area (Å²) in [7, 11) is 3.62. The Morgan fingerprint density at radius 2 is 2.27 bits per heavy atom. The van der Waals surface area contributed by atoms with Crippen molar-refractivity contribution in [3.05, 3.63) is 41.9 Å². The number of morpholine rings is 1. The van der Waals surface area contributed by atoms with Gasteiger partial charge in [0.05, 0.1) is 18.8 Å². The lowest BCUT2D eigenvalue weighted by Crippen LogP contribution is -2.42. The highest BCUT2D eigenvalue weighted by Gasteiger charge is 2.28. The predicted molar refractivity (Wildman–Crippen MR) is 81.6 cm³/mol. The van der Waals surface area contributed by atoms with Crippen molar-refractivity contribution in [3.63, 3.8) is 0 Å². The van der Waals surface area contributed by atoms with E-state index in [1.54, 1.807) is 28.9 Å². The molecular weight excluding hydrogens is 282 g/mol. The van der Waals surface area contributed by atoms with E-state index in [9.17, 15) is 4.79 Å². The molecule has 0 aromatic carbocycles. The summed E-state index contributed by atoms with van der Waals surface area (Å²) in [5.41, 5.74) is 1.28. The number of nitrogens with zero attached hydrogens (tertiary/aromatic N) is 4. The maximum Gasteiger partial charge on any atom is 0.274 e. The van der Waals surface area contributed by atoms with Crippen LogP contribution in [-0.2, 0) is 11.8 Å². The standard InChI is InChI=1S/C15H19N5O2/c1-16-14-5-3-4-11(17-14)13-10-20(8-9-22-13)15(21)12-6-7-19(2)18-12/h3-7,13H,8-10H2,1-2H3,(H,16,17). The summed E-state index contributed by atoms with van der Waals surface area (Å²) in [5.74, 6) is 0.716. The van der Waals surface area contributed by atoms with E-state index in [1.807, 2.05) is 25.2 Å². The number of hydrogen-bond acceptors (Lipinski definition) is 5. The molecule has 116 valence electrons. The van der Waals surface area contributed by atoms with Crippen molar-refractivity contribution >= 4 is 11.7 Å². The average molecular weight is 301 g/mol. The van der Waals surface area contributed by atoms with Crippen LogP contribution in [0.4, 0.5) is 5.82 Å². The van der Waals surface area contributed by atoms with Crippen LogP contribution in [0.25, 0.3) is 0 Å². The Kier molecular flexibility index (Phi) is 4.06. The molecule has 7 nitrogen and oxygen atoms in total. The van der Waals surface area contributed by atoms with Gasteiger partial charge >= 0.3 is 0 Å². The van der Waals surface area contributed by atoms with E-state index in [4.69, 9.17) is 4.74 Å². The molecule has 2 aromatic heterocycles. The zero-order chi connectivity index (χ0) is 15.5. The highest BCUT2D eigenvalue weighted by Crippen LogP contribution is 2.22. The fourth-order valence-corrected chi connectivity index (χ4v) is 2.47. The largest absolute Gasteiger partial charge is 0.373 e. The molecule has 0 bridgehead atoms. The third-order valence-corrected chi connectivity index (χ3v) is 3.64. The molecule has 1 aliphatic heterocycles. The smallest absolute Gasteiger partial charge is 0.274 e. The maximum absolute atomic E-state index is 12.5. The van der Waals surface area contributed by atoms with Crippen LogP contribution in [0.5, 0.6) is 0 Å². The number of carbonyl (C=O) groups is 1. The lowest BCUT2D eigenvalue weighted by atomic mass is 10.1. The minimum Gasteiger partial charge on any atom is -0.373 e. The van der Waals surface area contributed by atoms with E-state index < -0.39 is 0 Å². The highest BCUT2D eigenvalue weighted by atomic mass is 16.5. The molecule has 1 atom stereocenters. The molecule has 1 aliphatic rings. The van der Waals surface area contributed by atoms with Crippen LogP contribution in [0.2, 0.25) is 0 Å². The van der Waals surface area contributed by atoms with Crippen molar-refractivity contribution in [3.8, 4) is 0 Å². The first-order chi connectivity index (χ1) is 10.7. The van der Waals surface area contributed by atoms with Crippen LogP contribution in [0.15, 0.2) is 30.5 Å². The van der Waals surface area contributed by atoms with Crippen LogP contribution in [0, 0.1) is 0 Å². The van der Waals surface area contributed by atoms with Crippen LogP contribution in [0.3, 0.4) is 0 Å². The lowest BCUT2D eigenvalue weighted by Gasteiger charge is -2.32. The molecule has 2 aromatic rings. The Morgan fingerprint density at radius 3 is 3.00 bits per heavy atom. The molecule has 0 saturated carbocycles. The van der Waals surface area contributed by atoms with Gasteiger partial charge in [0.25, 0.3) is 5.91 Å². The summed E-state index contributed by atoms with van der Waals surface area (Å²) in [6.45, 7) is 1.54. The van der Waals surface area contributed by atoms with E-state index in [1.165, 1.54) is 0 Å². The van der Waals surface area contributed by atoms with E-state index in [0.717, 1.165) is 11.5 Å². The van der Waals surface area contributed by atoms with Crippen LogP contribution >= 0.6 is 0 Å². The third-order valence-electron chi connectivity index (χ3n) is 3.64. The van der Waals surface area contributed by atoms with Gasteiger partial charge in [-0.15, -0.1) is 0 Å². The van der Waals surface area contributed by atoms with Gasteiger partial charge in [0.2, 0.25) is 0 Å². The predicted octanol–water partition coefficient (Wildman–Crippen LogP) is 1.07. The fraction of sp³-hybridized carbons (Fsp3) is 0.400. The van der Waals surface area contributed by atoms with Crippen molar-refractivity contribution in [2.24, 2.45) is 7.05 Å². The number of ether oxygens (including phenoxy) is 1. The van der Waals surface area contributed by atoms with Crippen LogP contribution in [0.1, 0.15) is 22.3 Å². The molecule has 1 N–H and O–H groups in total. The number of pyridine rings is 1. The number of rotatable bonds is 3. The molecule has 1 unspecified atom stereocenters. The first-order valence-electron chi connectivity index (χ1n) is 7.22. The zero-order valence-corrected chi connectivity index (χ0v) is 12.7. The maximum atomic E-state index is 12.5. The fourth-order valence-electron chi connectivity index (χ4n) is 2.47. The molecule has 1 saturated heterocycles. The Balaban J connectivity index is 1.75. The second-order valence-corrected chi connectivity index (χ2v) is 5.18. The molecular formula is C15H19N5O2. The van der Waals surface area contributed by atoms with Gasteiger partial charge in [0.1, 0.15) is 17.6 Å². The van der Waals surface area contributed by atoms with Gasteiger partial charge < -0.3 is 15.0 Å². The summed E-state index contributed by atoms with van der Waals surface area (Å²) in [5, 5.41) is 7.18. The topological polar surface area (TPSA) is 72.3 Å². The molecule has 3 rings (SSSR count). The Morgan fingerprint density at radius 1 is 1.41 bits per heavy atom. The van der Waals surface area contributed by atoms with E-state index in [0.29, 0.717) is 25.4 Å². The lowest BCUT2D eigenvalue weighted by molar-refractivity contribution is -0.0248. The van der Waals surface area contributed by atoms with Gasteiger partial charge in [0, 0.05) is 26.8 Å². The number of aromatic nitrogens is 3. The minimum atomic E-state index is -0.213. The molecule has 7 heteroatoms. The van der Waals surface area contributed by atoms with Crippen LogP contribution in [-0.4, -0.2) is 52.3 Å². The molecule has 0 spiro atoms. The first kappa shape index (κ1) is 14.5. The number of aryl methyl sites for hydroxylation is 1. The number of hydrogen-bond donors (Lipinski definition) is 1. The average Bonchev–Trinajstić information content (AvgIpc) is 3.01. The van der Waals surface area contributed by atoms with Gasteiger partial charge in [-0.25, -0.2) is 4.98 Å². The van der Waals surface area contributed by atoms with Gasteiger partial charge in [-0.3, -0.25) is 9.48 Å². The molecule has 1 fully saturated rings.